The lowest BCUT2D eigenvalue weighted by Gasteiger charge is -2.26. The molecular formula is C9H14N2O3. The van der Waals surface area contributed by atoms with Gasteiger partial charge in [0.05, 0.1) is 19.8 Å². The second kappa shape index (κ2) is 3.98. The van der Waals surface area contributed by atoms with Crippen molar-refractivity contribution in [3.63, 3.8) is 0 Å². The molecule has 1 aliphatic heterocycles. The van der Waals surface area contributed by atoms with Crippen molar-refractivity contribution >= 4 is 5.88 Å². The van der Waals surface area contributed by atoms with Crippen LogP contribution in [0.1, 0.15) is 11.3 Å². The van der Waals surface area contributed by atoms with Gasteiger partial charge in [-0.25, -0.2) is 0 Å². The molecule has 1 fully saturated rings. The first kappa shape index (κ1) is 9.48. The number of nitrogens with zero attached hydrogens (tertiary/aromatic N) is 2. The minimum Gasteiger partial charge on any atom is -0.390 e. The quantitative estimate of drug-likeness (QED) is 0.741. The molecule has 0 spiro atoms. The van der Waals surface area contributed by atoms with Crippen LogP contribution in [-0.4, -0.2) is 36.6 Å². The van der Waals surface area contributed by atoms with E-state index in [1.807, 2.05) is 6.92 Å². The predicted octanol–water partition coefficient (Wildman–Crippen LogP) is 0.312. The largest absolute Gasteiger partial charge is 0.390 e. The summed E-state index contributed by atoms with van der Waals surface area (Å²) in [6.45, 7) is 4.91. The van der Waals surface area contributed by atoms with Gasteiger partial charge in [-0.15, -0.1) is 0 Å². The van der Waals surface area contributed by atoms with Crippen molar-refractivity contribution in [2.45, 2.75) is 13.5 Å². The Balaban J connectivity index is 2.18. The summed E-state index contributed by atoms with van der Waals surface area (Å²) in [6, 6.07) is 0. The van der Waals surface area contributed by atoms with E-state index >= 15 is 0 Å². The lowest BCUT2D eigenvalue weighted by molar-refractivity contribution is 0.120. The normalized spacial score (nSPS) is 17.4. The molecule has 14 heavy (non-hydrogen) atoms. The number of ether oxygens (including phenoxy) is 1. The molecule has 0 atom stereocenters. The van der Waals surface area contributed by atoms with Crippen molar-refractivity contribution in [2.24, 2.45) is 0 Å². The smallest absolute Gasteiger partial charge is 0.230 e. The van der Waals surface area contributed by atoms with Crippen molar-refractivity contribution in [2.75, 3.05) is 31.2 Å². The third kappa shape index (κ3) is 1.60. The highest BCUT2D eigenvalue weighted by Gasteiger charge is 2.19. The van der Waals surface area contributed by atoms with Gasteiger partial charge < -0.3 is 19.3 Å². The van der Waals surface area contributed by atoms with Crippen LogP contribution in [0.2, 0.25) is 0 Å². The van der Waals surface area contributed by atoms with Crippen LogP contribution in [0.15, 0.2) is 4.52 Å². The van der Waals surface area contributed by atoms with Gasteiger partial charge in [0.2, 0.25) is 5.88 Å². The van der Waals surface area contributed by atoms with Crippen LogP contribution in [-0.2, 0) is 11.3 Å². The molecule has 1 aliphatic rings. The molecule has 1 aromatic rings. The summed E-state index contributed by atoms with van der Waals surface area (Å²) in [6.07, 6.45) is 0. The summed E-state index contributed by atoms with van der Waals surface area (Å²) in [5.41, 5.74) is 1.54. The molecular weight excluding hydrogens is 184 g/mol. The number of hydrogen-bond donors (Lipinski definition) is 1. The number of rotatable bonds is 2. The zero-order chi connectivity index (χ0) is 9.97. The molecule has 0 aliphatic carbocycles. The molecule has 1 saturated heterocycles. The van der Waals surface area contributed by atoms with Crippen LogP contribution in [0.4, 0.5) is 5.88 Å². The zero-order valence-electron chi connectivity index (χ0n) is 8.19. The molecule has 0 aromatic carbocycles. The maximum atomic E-state index is 8.96. The Morgan fingerprint density at radius 1 is 1.43 bits per heavy atom. The maximum absolute atomic E-state index is 8.96. The summed E-state index contributed by atoms with van der Waals surface area (Å²) in [5, 5.41) is 12.8. The lowest BCUT2D eigenvalue weighted by atomic mass is 10.2. The fraction of sp³-hybridized carbons (Fsp3) is 0.667. The molecule has 0 saturated carbocycles. The van der Waals surface area contributed by atoms with Gasteiger partial charge >= 0.3 is 0 Å². The summed E-state index contributed by atoms with van der Waals surface area (Å²) >= 11 is 0. The van der Waals surface area contributed by atoms with E-state index in [-0.39, 0.29) is 6.61 Å². The van der Waals surface area contributed by atoms with Gasteiger partial charge in [0.15, 0.2) is 0 Å². The van der Waals surface area contributed by atoms with Crippen molar-refractivity contribution in [3.8, 4) is 0 Å². The second-order valence-corrected chi connectivity index (χ2v) is 3.32. The van der Waals surface area contributed by atoms with E-state index in [0.717, 1.165) is 24.5 Å². The van der Waals surface area contributed by atoms with Crippen molar-refractivity contribution in [1.82, 2.24) is 5.16 Å². The van der Waals surface area contributed by atoms with Gasteiger partial charge in [-0.05, 0) is 6.92 Å². The lowest BCUT2D eigenvalue weighted by Crippen LogP contribution is -2.36. The topological polar surface area (TPSA) is 58.7 Å². The summed E-state index contributed by atoms with van der Waals surface area (Å²) < 4.78 is 10.4. The van der Waals surface area contributed by atoms with Gasteiger partial charge in [-0.1, -0.05) is 5.16 Å². The fourth-order valence-corrected chi connectivity index (χ4v) is 1.57. The summed E-state index contributed by atoms with van der Waals surface area (Å²) in [4.78, 5) is 2.09. The molecule has 1 aromatic heterocycles. The molecule has 0 unspecified atom stereocenters. The minimum absolute atomic E-state index is 0.0698. The average molecular weight is 198 g/mol. The number of morpholine rings is 1. The molecule has 2 rings (SSSR count). The third-order valence-electron chi connectivity index (χ3n) is 2.44. The van der Waals surface area contributed by atoms with Gasteiger partial charge in [0.25, 0.3) is 0 Å². The maximum Gasteiger partial charge on any atom is 0.230 e. The minimum atomic E-state index is -0.0698. The first-order chi connectivity index (χ1) is 6.83. The molecule has 0 amide bonds. The SMILES string of the molecule is Cc1c(CO)noc1N1CCOCC1. The molecule has 2 heterocycles. The van der Waals surface area contributed by atoms with E-state index in [4.69, 9.17) is 14.4 Å². The van der Waals surface area contributed by atoms with Gasteiger partial charge in [-0.2, -0.15) is 0 Å². The van der Waals surface area contributed by atoms with Crippen LogP contribution >= 0.6 is 0 Å². The van der Waals surface area contributed by atoms with Crippen molar-refractivity contribution in [3.05, 3.63) is 11.3 Å². The Kier molecular flexibility index (Phi) is 2.69. The van der Waals surface area contributed by atoms with E-state index < -0.39 is 0 Å². The fourth-order valence-electron chi connectivity index (χ4n) is 1.57. The van der Waals surface area contributed by atoms with Crippen molar-refractivity contribution < 1.29 is 14.4 Å². The van der Waals surface area contributed by atoms with Crippen LogP contribution in [0.5, 0.6) is 0 Å². The Labute approximate surface area is 82.2 Å². The number of hydrogen-bond acceptors (Lipinski definition) is 5. The van der Waals surface area contributed by atoms with Gasteiger partial charge in [0.1, 0.15) is 5.69 Å². The molecule has 5 nitrogen and oxygen atoms in total. The van der Waals surface area contributed by atoms with E-state index in [0.29, 0.717) is 18.9 Å². The monoisotopic (exact) mass is 198 g/mol. The second-order valence-electron chi connectivity index (χ2n) is 3.32. The molecule has 0 bridgehead atoms. The Bertz CT molecular complexity index is 305. The Morgan fingerprint density at radius 3 is 2.71 bits per heavy atom. The molecule has 78 valence electrons. The predicted molar refractivity (Wildman–Crippen MR) is 50.2 cm³/mol. The highest BCUT2D eigenvalue weighted by atomic mass is 16.5. The van der Waals surface area contributed by atoms with E-state index in [9.17, 15) is 0 Å². The zero-order valence-corrected chi connectivity index (χ0v) is 8.19. The first-order valence-corrected chi connectivity index (χ1v) is 4.71. The van der Waals surface area contributed by atoms with Crippen LogP contribution in [0.3, 0.4) is 0 Å². The average Bonchev–Trinajstić information content (AvgIpc) is 2.61. The highest BCUT2D eigenvalue weighted by molar-refractivity contribution is 5.45. The summed E-state index contributed by atoms with van der Waals surface area (Å²) in [7, 11) is 0. The van der Waals surface area contributed by atoms with E-state index in [1.54, 1.807) is 0 Å². The molecule has 0 radical (unpaired) electrons. The number of anilines is 1. The number of aliphatic hydroxyl groups is 1. The molecule has 5 heteroatoms. The summed E-state index contributed by atoms with van der Waals surface area (Å²) in [5.74, 6) is 0.761. The standard InChI is InChI=1S/C9H14N2O3/c1-7-8(6-12)10-14-9(7)11-2-4-13-5-3-11/h12H,2-6H2,1H3. The van der Waals surface area contributed by atoms with E-state index in [2.05, 4.69) is 10.1 Å². The molecule has 1 N–H and O–H groups in total. The van der Waals surface area contributed by atoms with Crippen molar-refractivity contribution in [1.29, 1.82) is 0 Å². The van der Waals surface area contributed by atoms with Crippen LogP contribution in [0, 0.1) is 6.92 Å². The third-order valence-corrected chi connectivity index (χ3v) is 2.44. The Hall–Kier alpha value is -1.07. The first-order valence-electron chi connectivity index (χ1n) is 4.71. The number of aliphatic hydroxyl groups excluding tert-OH is 1. The van der Waals surface area contributed by atoms with Gasteiger partial charge in [-0.3, -0.25) is 0 Å². The number of aromatic nitrogens is 1. The van der Waals surface area contributed by atoms with Gasteiger partial charge in [0, 0.05) is 18.7 Å². The van der Waals surface area contributed by atoms with Crippen LogP contribution < -0.4 is 4.90 Å². The van der Waals surface area contributed by atoms with E-state index in [1.165, 1.54) is 0 Å². The van der Waals surface area contributed by atoms with Crippen LogP contribution in [0.25, 0.3) is 0 Å². The Morgan fingerprint density at radius 2 is 2.14 bits per heavy atom. The highest BCUT2D eigenvalue weighted by Crippen LogP contribution is 2.23.